The topological polar surface area (TPSA) is 208 Å². The fourth-order valence-electron chi connectivity index (χ4n) is 10.8. The maximum atomic E-state index is 13.8. The molecule has 2 fully saturated rings. The number of benzene rings is 4. The molecule has 6 aliphatic rings. The molecule has 0 aromatic heterocycles. The first-order chi connectivity index (χ1) is 31.6. The van der Waals surface area contributed by atoms with E-state index in [-0.39, 0.29) is 33.5 Å². The van der Waals surface area contributed by atoms with E-state index in [1.54, 1.807) is 49.6 Å². The van der Waals surface area contributed by atoms with Gasteiger partial charge in [-0.05, 0) is 134 Å². The Bertz CT molecular complexity index is 2660. The summed E-state index contributed by atoms with van der Waals surface area (Å²) in [4.78, 5) is 22.5. The second kappa shape index (κ2) is 18.3. The van der Waals surface area contributed by atoms with Crippen molar-refractivity contribution in [2.24, 2.45) is 32.3 Å². The van der Waals surface area contributed by atoms with E-state index in [0.717, 1.165) is 103 Å². The number of nitrogens with two attached hydrogens (primary N) is 2. The predicted octanol–water partition coefficient (Wildman–Crippen LogP) is 6.14. The molecule has 14 nitrogen and oxygen atoms in total. The van der Waals surface area contributed by atoms with Gasteiger partial charge in [-0.15, -0.1) is 0 Å². The van der Waals surface area contributed by atoms with Crippen LogP contribution in [0.1, 0.15) is 84.7 Å². The molecule has 2 aliphatic heterocycles. The summed E-state index contributed by atoms with van der Waals surface area (Å²) < 4.78 is 38.7. The number of nitrogens with zero attached hydrogens (tertiary/aromatic N) is 6. The van der Waals surface area contributed by atoms with Gasteiger partial charge in [-0.1, -0.05) is 46.3 Å². The first kappa shape index (κ1) is 47.1. The molecule has 4 aromatic rings. The van der Waals surface area contributed by atoms with Crippen molar-refractivity contribution in [2.45, 2.75) is 87.9 Å². The fraction of sp³-hybridized carbons (Fsp3) is 0.417. The number of hydroxylamine groups is 4. The van der Waals surface area contributed by atoms with Crippen LogP contribution in [0.25, 0.3) is 11.1 Å². The molecule has 0 bridgehead atoms. The Labute approximate surface area is 391 Å². The molecule has 6 N–H and O–H groups in total. The second-order valence-corrected chi connectivity index (χ2v) is 18.8. The summed E-state index contributed by atoms with van der Waals surface area (Å²) in [6, 6.07) is 24.1. The third kappa shape index (κ3) is 8.12. The lowest BCUT2D eigenvalue weighted by Gasteiger charge is -2.45. The molecular formula is C48H52BBrF2N8O6. The summed E-state index contributed by atoms with van der Waals surface area (Å²) in [6.07, 6.45) is 10.3. The molecule has 4 spiro atoms. The smallest absolute Gasteiger partial charge is 0.423 e. The minimum absolute atomic E-state index is 0.0289. The van der Waals surface area contributed by atoms with Gasteiger partial charge in [0.2, 0.25) is 23.4 Å². The zero-order valence-corrected chi connectivity index (χ0v) is 38.8. The number of hydrogen-bond donors (Lipinski definition) is 4. The van der Waals surface area contributed by atoms with Crippen molar-refractivity contribution in [3.8, 4) is 23.3 Å². The largest absolute Gasteiger partial charge is 0.488 e. The van der Waals surface area contributed by atoms with Crippen molar-refractivity contribution in [1.29, 1.82) is 10.5 Å². The van der Waals surface area contributed by atoms with Crippen LogP contribution in [0.2, 0.25) is 0 Å². The number of methoxy groups -OCH3 is 2. The zero-order chi connectivity index (χ0) is 47.2. The number of nitriles is 2. The molecule has 0 amide bonds. The molecule has 0 saturated heterocycles. The minimum Gasteiger partial charge on any atom is -0.423 e. The molecule has 66 heavy (non-hydrogen) atoms. The molecular weight excluding hydrogens is 913 g/mol. The first-order valence-corrected chi connectivity index (χ1v) is 22.7. The van der Waals surface area contributed by atoms with Crippen LogP contribution in [0, 0.1) is 45.1 Å². The number of hydrogen-bond acceptors (Lipinski definition) is 14. The van der Waals surface area contributed by atoms with Gasteiger partial charge in [0.25, 0.3) is 0 Å². The molecule has 2 heterocycles. The van der Waals surface area contributed by atoms with Crippen LogP contribution in [-0.4, -0.2) is 79.7 Å². The Kier molecular flexibility index (Phi) is 13.1. The molecule has 344 valence electrons. The minimum atomic E-state index is -1.67. The Hall–Kier alpha value is -5.44. The van der Waals surface area contributed by atoms with Crippen LogP contribution in [0.15, 0.2) is 87.3 Å². The lowest BCUT2D eigenvalue weighted by molar-refractivity contribution is -0.232. The maximum Gasteiger partial charge on any atom is 0.488 e. The summed E-state index contributed by atoms with van der Waals surface area (Å²) in [5, 5.41) is 38.1. The van der Waals surface area contributed by atoms with E-state index in [1.807, 2.05) is 19.2 Å². The van der Waals surface area contributed by atoms with Gasteiger partial charge in [0.1, 0.15) is 23.8 Å². The summed E-state index contributed by atoms with van der Waals surface area (Å²) >= 11 is 3.59. The van der Waals surface area contributed by atoms with E-state index in [9.17, 15) is 14.0 Å². The van der Waals surface area contributed by atoms with Crippen LogP contribution in [-0.2, 0) is 43.4 Å². The van der Waals surface area contributed by atoms with Gasteiger partial charge in [0.15, 0.2) is 0 Å². The number of ether oxygens (including phenoxy) is 2. The first-order valence-electron chi connectivity index (χ1n) is 21.9. The van der Waals surface area contributed by atoms with Crippen LogP contribution >= 0.6 is 15.9 Å². The Morgan fingerprint density at radius 2 is 1.14 bits per heavy atom. The Balaban J connectivity index is 0.000000148. The Morgan fingerprint density at radius 3 is 1.59 bits per heavy atom. The highest BCUT2D eigenvalue weighted by Crippen LogP contribution is 2.63. The van der Waals surface area contributed by atoms with Gasteiger partial charge in [0.05, 0.1) is 23.3 Å². The van der Waals surface area contributed by atoms with Gasteiger partial charge in [-0.3, -0.25) is 0 Å². The molecule has 4 aromatic carbocycles. The summed E-state index contributed by atoms with van der Waals surface area (Å²) in [7, 11) is 5.51. The normalized spacial score (nSPS) is 27.9. The quantitative estimate of drug-likeness (QED) is 0.170. The van der Waals surface area contributed by atoms with E-state index in [4.69, 9.17) is 55.9 Å². The van der Waals surface area contributed by atoms with Gasteiger partial charge < -0.3 is 31.0 Å². The number of guanidine groups is 2. The lowest BCUT2D eigenvalue weighted by Crippen LogP contribution is -2.46. The summed E-state index contributed by atoms with van der Waals surface area (Å²) in [5.74, 6) is -0.371. The SMILES string of the molecule is COC1CCC2(CC1)Cc1ccc(-c3ccc(F)c(C#N)c3)cc1C21N=C(N)N(C)O1.COC1CCC2(CC1)Cc1ccc(Br)cc1C21N=C(N)N(C)O1.N#Cc1cc(B(O)O)ccc1F. The number of rotatable bonds is 4. The zero-order valence-electron chi connectivity index (χ0n) is 37.2. The third-order valence-corrected chi connectivity index (χ3v) is 14.9. The second-order valence-electron chi connectivity index (χ2n) is 17.9. The van der Waals surface area contributed by atoms with Crippen molar-refractivity contribution < 1.29 is 38.0 Å². The van der Waals surface area contributed by atoms with E-state index >= 15 is 0 Å². The van der Waals surface area contributed by atoms with Crippen LogP contribution in [0.3, 0.4) is 0 Å². The lowest BCUT2D eigenvalue weighted by atomic mass is 9.66. The molecule has 2 saturated carbocycles. The van der Waals surface area contributed by atoms with Gasteiger partial charge in [-0.25, -0.2) is 38.6 Å². The number of halogens is 3. The van der Waals surface area contributed by atoms with E-state index in [1.165, 1.54) is 23.3 Å². The van der Waals surface area contributed by atoms with E-state index in [2.05, 4.69) is 46.3 Å². The van der Waals surface area contributed by atoms with Crippen molar-refractivity contribution in [2.75, 3.05) is 28.3 Å². The van der Waals surface area contributed by atoms with Gasteiger partial charge in [-0.2, -0.15) is 10.5 Å². The van der Waals surface area contributed by atoms with Crippen LogP contribution in [0.4, 0.5) is 8.78 Å². The molecule has 0 radical (unpaired) electrons. The molecule has 10 rings (SSSR count). The van der Waals surface area contributed by atoms with Crippen molar-refractivity contribution in [3.63, 3.8) is 0 Å². The molecule has 18 heteroatoms. The highest BCUT2D eigenvalue weighted by Gasteiger charge is 2.64. The third-order valence-electron chi connectivity index (χ3n) is 14.4. The average molecular weight is 966 g/mol. The summed E-state index contributed by atoms with van der Waals surface area (Å²) in [5.41, 5.74) is 16.7. The highest BCUT2D eigenvalue weighted by molar-refractivity contribution is 9.10. The van der Waals surface area contributed by atoms with Crippen molar-refractivity contribution in [3.05, 3.63) is 122 Å². The van der Waals surface area contributed by atoms with E-state index < -0.39 is 30.2 Å². The Morgan fingerprint density at radius 1 is 0.697 bits per heavy atom. The highest BCUT2D eigenvalue weighted by atomic mass is 79.9. The standard InChI is InChI=1S/C24H25FN4O2.C17H22BrN3O2.C7H5BFNO2/c1-29-22(27)28-24(31-29)20-12-16(15-5-6-21(25)18(11-15)14-26)3-4-17(20)13-23(24)9-7-19(30-2)8-10-23;1-21-15(19)20-17(23-21)14-9-12(18)4-3-11(14)10-16(17)7-5-13(22-2)6-8-16;9-7-2-1-6(8(11)12)3-5(7)4-10/h3-6,11-12,19H,7-10,13H2,1-2H3,(H2,27,28);3-4,9,13H,5-8,10H2,1-2H3,(H2,19,20);1-3,11-12H. The molecule has 4 aliphatic carbocycles. The van der Waals surface area contributed by atoms with Crippen LogP contribution in [0.5, 0.6) is 0 Å². The number of fused-ring (bicyclic) bond motifs is 6. The van der Waals surface area contributed by atoms with Gasteiger partial charge in [0, 0.05) is 54.7 Å². The molecule has 2 unspecified atom stereocenters. The van der Waals surface area contributed by atoms with Crippen LogP contribution < -0.4 is 16.9 Å². The number of aliphatic imine (C=N–C) groups is 2. The monoisotopic (exact) mass is 964 g/mol. The van der Waals surface area contributed by atoms with Crippen molar-refractivity contribution in [1.82, 2.24) is 10.1 Å². The van der Waals surface area contributed by atoms with Crippen molar-refractivity contribution >= 4 is 40.4 Å². The maximum absolute atomic E-state index is 13.8. The predicted molar refractivity (Wildman–Crippen MR) is 247 cm³/mol. The molecule has 2 atom stereocenters. The van der Waals surface area contributed by atoms with Gasteiger partial charge >= 0.3 is 7.12 Å². The summed E-state index contributed by atoms with van der Waals surface area (Å²) in [6.45, 7) is 0. The van der Waals surface area contributed by atoms with E-state index in [0.29, 0.717) is 18.0 Å². The fourth-order valence-corrected chi connectivity index (χ4v) is 11.2. The average Bonchev–Trinajstić information content (AvgIpc) is 3.97.